The molecule has 0 bridgehead atoms. The summed E-state index contributed by atoms with van der Waals surface area (Å²) in [5.74, 6) is 6.47. The summed E-state index contributed by atoms with van der Waals surface area (Å²) in [4.78, 5) is 0. The Kier molecular flexibility index (Phi) is 19.5. The van der Waals surface area contributed by atoms with E-state index in [1.54, 1.807) is 5.31 Å². The van der Waals surface area contributed by atoms with E-state index in [4.69, 9.17) is 12.8 Å². The smallest absolute Gasteiger partial charge is 0.366 e. The third kappa shape index (κ3) is 11.6. The quantitative estimate of drug-likeness (QED) is 0.0554. The molecule has 0 spiro atoms. The van der Waals surface area contributed by atoms with Crippen LogP contribution in [-0.4, -0.2) is 22.1 Å². The second kappa shape index (κ2) is 27.5. The number of hydrogen-bond acceptors (Lipinski definition) is 0. The molecule has 406 valence electrons. The molecule has 0 N–H and O–H groups in total. The van der Waals surface area contributed by atoms with Gasteiger partial charge in [-0.15, -0.1) is 35.4 Å². The molecular weight excluding hydrogens is 1440 g/mol. The topological polar surface area (TPSA) is 0 Å². The first-order valence-corrected chi connectivity index (χ1v) is 35.4. The zero-order valence-electron chi connectivity index (χ0n) is 45.7. The molecule has 0 saturated carbocycles. The van der Waals surface area contributed by atoms with Gasteiger partial charge in [0.25, 0.3) is 0 Å². The average molecular weight is 1500 g/mol. The van der Waals surface area contributed by atoms with Crippen molar-refractivity contribution < 1.29 is 44.8 Å². The van der Waals surface area contributed by atoms with E-state index in [2.05, 4.69) is 315 Å². The predicted octanol–water partition coefficient (Wildman–Crippen LogP) is 11.5. The van der Waals surface area contributed by atoms with E-state index in [0.29, 0.717) is 0 Å². The summed E-state index contributed by atoms with van der Waals surface area (Å²) in [5, 5.41) is 17.3. The molecule has 6 heteroatoms. The van der Waals surface area contributed by atoms with Crippen LogP contribution < -0.4 is 57.4 Å². The summed E-state index contributed by atoms with van der Waals surface area (Å²) in [6, 6.07) is 108. The number of rotatable bonds is 10. The van der Waals surface area contributed by atoms with E-state index in [0.717, 1.165) is 11.1 Å². The maximum Gasteiger partial charge on any atom is 1.00 e. The number of benzene rings is 11. The number of allylic oxidation sites excluding steroid dienone is 4. The van der Waals surface area contributed by atoms with Gasteiger partial charge in [-0.05, 0) is 115 Å². The normalized spacial score (nSPS) is 13.6. The van der Waals surface area contributed by atoms with Gasteiger partial charge in [0.15, 0.2) is 22.1 Å². The SMILES string of the molecule is C1=CC([PH+](C[PH+](c2ccccc2)c2ccccc2)c2ccccc2)=CCC1.[Au+].[Au+].[C-]#Cc1ccc2c(c1)[Si](c1ccccc1)(c1ccccc1)c1ccccc1-2.[C-]#Cc1ccc2c(c1)[Si](c1ccccc1)(c1ccccc1)c1ccccc1-2. The van der Waals surface area contributed by atoms with Gasteiger partial charge < -0.3 is 12.8 Å². The molecule has 11 aromatic carbocycles. The van der Waals surface area contributed by atoms with Gasteiger partial charge in [0.05, 0.1) is 5.31 Å². The summed E-state index contributed by atoms with van der Waals surface area (Å²) in [5.41, 5.74) is 6.91. The minimum absolute atomic E-state index is 0. The molecule has 3 aliphatic rings. The van der Waals surface area contributed by atoms with Crippen molar-refractivity contribution in [2.24, 2.45) is 0 Å². The minimum atomic E-state index is -2.40. The summed E-state index contributed by atoms with van der Waals surface area (Å²) in [7, 11) is -6.41. The molecule has 1 aliphatic carbocycles. The van der Waals surface area contributed by atoms with Gasteiger partial charge in [-0.2, -0.15) is 0 Å². The van der Waals surface area contributed by atoms with Crippen LogP contribution in [0.25, 0.3) is 22.3 Å². The van der Waals surface area contributed by atoms with Crippen LogP contribution in [0.3, 0.4) is 0 Å². The van der Waals surface area contributed by atoms with Crippen LogP contribution in [0.1, 0.15) is 24.0 Å². The van der Waals surface area contributed by atoms with Gasteiger partial charge in [0.1, 0.15) is 31.8 Å². The molecule has 0 radical (unpaired) electrons. The Bertz CT molecular complexity index is 3800. The Morgan fingerprint density at radius 3 is 0.976 bits per heavy atom. The Balaban J connectivity index is 0.000000137. The molecule has 0 aromatic heterocycles. The molecule has 14 rings (SSSR count). The zero-order valence-corrected chi connectivity index (χ0v) is 54.1. The molecule has 83 heavy (non-hydrogen) atoms. The van der Waals surface area contributed by atoms with Crippen molar-refractivity contribution in [1.29, 1.82) is 0 Å². The fourth-order valence-corrected chi connectivity index (χ4v) is 31.0. The first-order chi connectivity index (χ1) is 40.1. The second-order valence-electron chi connectivity index (χ2n) is 20.7. The van der Waals surface area contributed by atoms with Crippen LogP contribution in [0, 0.1) is 24.7 Å². The van der Waals surface area contributed by atoms with Crippen LogP contribution >= 0.6 is 15.8 Å². The van der Waals surface area contributed by atoms with Crippen LogP contribution in [-0.2, 0) is 44.8 Å². The molecule has 0 saturated heterocycles. The molecule has 2 heterocycles. The van der Waals surface area contributed by atoms with Gasteiger partial charge in [0.2, 0.25) is 0 Å². The molecule has 2 aliphatic heterocycles. The van der Waals surface area contributed by atoms with Gasteiger partial charge in [0, 0.05) is 0 Å². The van der Waals surface area contributed by atoms with Gasteiger partial charge in [-0.3, -0.25) is 11.8 Å². The Labute approximate surface area is 527 Å². The maximum absolute atomic E-state index is 7.67. The van der Waals surface area contributed by atoms with Crippen molar-refractivity contribution in [3.05, 3.63) is 345 Å². The maximum atomic E-state index is 7.67. The Hall–Kier alpha value is -7.21. The van der Waals surface area contributed by atoms with E-state index in [-0.39, 0.29) is 44.8 Å². The van der Waals surface area contributed by atoms with Crippen LogP contribution in [0.4, 0.5) is 0 Å². The zero-order chi connectivity index (χ0) is 54.9. The Morgan fingerprint density at radius 2 is 0.639 bits per heavy atom. The van der Waals surface area contributed by atoms with E-state index in [1.807, 2.05) is 12.1 Å². The molecule has 11 aromatic rings. The third-order valence-corrected chi connectivity index (χ3v) is 33.0. The molecule has 1 atom stereocenters. The summed E-state index contributed by atoms with van der Waals surface area (Å²) < 4.78 is 0. The minimum Gasteiger partial charge on any atom is -0.366 e. The molecule has 0 amide bonds. The van der Waals surface area contributed by atoms with Gasteiger partial charge in [-0.1, -0.05) is 253 Å². The van der Waals surface area contributed by atoms with E-state index in [9.17, 15) is 0 Å². The summed E-state index contributed by atoms with van der Waals surface area (Å²) >= 11 is 0. The Morgan fingerprint density at radius 1 is 0.325 bits per heavy atom. The first-order valence-electron chi connectivity index (χ1n) is 27.9. The van der Waals surface area contributed by atoms with Crippen LogP contribution in [0.2, 0.25) is 0 Å². The predicted molar refractivity (Wildman–Crippen MR) is 357 cm³/mol. The summed E-state index contributed by atoms with van der Waals surface area (Å²) in [6.45, 7) is 0. The fourth-order valence-electron chi connectivity index (χ4n) is 12.7. The van der Waals surface area contributed by atoms with Crippen LogP contribution in [0.15, 0.2) is 321 Å². The van der Waals surface area contributed by atoms with Crippen LogP contribution in [0.5, 0.6) is 0 Å². The standard InChI is InChI=1S/2C26H17Si.C25H24P2.2Au/c2*1-2-20-17-18-24-23-15-9-10-16-25(23)27(26(24)19-20,21-11-5-3-6-12-21)22-13-7-4-8-14-22;1-5-13-22(14-6-1)26(23-15-7-2-8-16-23)21-27(24-17-9-3-10-18-24)25-19-11-4-12-20-25;;/h2*3-19H;1-3,5-11,13-20H,4,12,21H2;;/q2*-1;;2*+1/p+2. The van der Waals surface area contributed by atoms with Crippen molar-refractivity contribution >= 4 is 89.4 Å². The average Bonchev–Trinajstić information content (AvgIpc) is 4.23. The second-order valence-corrected chi connectivity index (χ2v) is 33.8. The number of hydrogen-bond donors (Lipinski definition) is 0. The van der Waals surface area contributed by atoms with E-state index < -0.39 is 32.0 Å². The third-order valence-electron chi connectivity index (χ3n) is 16.3. The van der Waals surface area contributed by atoms with Crippen molar-refractivity contribution in [1.82, 2.24) is 0 Å². The number of fused-ring (bicyclic) bond motifs is 6. The summed E-state index contributed by atoms with van der Waals surface area (Å²) in [6.07, 6.45) is 25.0. The fraction of sp³-hybridized carbons (Fsp3) is 0.0390. The van der Waals surface area contributed by atoms with E-state index in [1.165, 1.54) is 98.4 Å². The van der Waals surface area contributed by atoms with Crippen molar-refractivity contribution in [3.63, 3.8) is 0 Å². The largest absolute Gasteiger partial charge is 1.00 e. The van der Waals surface area contributed by atoms with Gasteiger partial charge >= 0.3 is 44.8 Å². The van der Waals surface area contributed by atoms with E-state index >= 15 is 0 Å². The van der Waals surface area contributed by atoms with Crippen molar-refractivity contribution in [3.8, 4) is 34.1 Å². The first kappa shape index (κ1) is 59.0. The van der Waals surface area contributed by atoms with Crippen molar-refractivity contribution in [2.45, 2.75) is 12.8 Å². The monoisotopic (exact) mass is 1500 g/mol. The molecule has 0 fully saturated rings. The molecule has 1 unspecified atom stereocenters. The van der Waals surface area contributed by atoms with Gasteiger partial charge in [-0.25, -0.2) is 0 Å². The molecular formula is C77H60Au2P2Si2+2. The molecule has 0 nitrogen and oxygen atoms in total. The van der Waals surface area contributed by atoms with Crippen molar-refractivity contribution in [2.75, 3.05) is 5.90 Å².